The monoisotopic (exact) mass is 430 g/mol. The van der Waals surface area contributed by atoms with Gasteiger partial charge in [-0.05, 0) is 64.0 Å². The number of ketones is 1. The zero-order valence-electron chi connectivity index (χ0n) is 19.2. The lowest BCUT2D eigenvalue weighted by Crippen LogP contribution is -2.48. The van der Waals surface area contributed by atoms with Crippen LogP contribution in [0.1, 0.15) is 79.9 Å². The lowest BCUT2D eigenvalue weighted by atomic mass is 9.98. The number of carbonyl (C=O) groups is 2. The van der Waals surface area contributed by atoms with E-state index < -0.39 is 26.0 Å². The van der Waals surface area contributed by atoms with Gasteiger partial charge >= 0.3 is 5.97 Å². The molecule has 0 aliphatic heterocycles. The normalized spacial score (nSPS) is 13.2. The van der Waals surface area contributed by atoms with Crippen molar-refractivity contribution in [2.45, 2.75) is 78.3 Å². The van der Waals surface area contributed by atoms with Crippen LogP contribution in [0.5, 0.6) is 0 Å². The van der Waals surface area contributed by atoms with Crippen LogP contribution < -0.4 is 0 Å². The Kier molecular flexibility index (Phi) is 7.83. The van der Waals surface area contributed by atoms with E-state index in [0.29, 0.717) is 22.6 Å². The van der Waals surface area contributed by atoms with Crippen molar-refractivity contribution in [1.82, 2.24) is 0 Å². The lowest BCUT2D eigenvalue weighted by Gasteiger charge is -2.41. The summed E-state index contributed by atoms with van der Waals surface area (Å²) in [5, 5.41) is 0. The first-order valence-corrected chi connectivity index (χ1v) is 13.2. The van der Waals surface area contributed by atoms with Gasteiger partial charge in [0.1, 0.15) is 11.5 Å². The molecule has 0 aliphatic carbocycles. The van der Waals surface area contributed by atoms with Crippen LogP contribution in [-0.2, 0) is 9.16 Å². The van der Waals surface area contributed by atoms with Gasteiger partial charge in [0.15, 0.2) is 20.2 Å². The summed E-state index contributed by atoms with van der Waals surface area (Å²) >= 11 is 0. The van der Waals surface area contributed by atoms with Crippen molar-refractivity contribution in [1.29, 1.82) is 0 Å². The van der Waals surface area contributed by atoms with Gasteiger partial charge in [0.25, 0.3) is 0 Å². The molecule has 1 aromatic heterocycles. The van der Waals surface area contributed by atoms with Gasteiger partial charge in [0, 0.05) is 0 Å². The summed E-state index contributed by atoms with van der Waals surface area (Å²) in [6.07, 6.45) is -0.784. The van der Waals surface area contributed by atoms with Gasteiger partial charge in [-0.25, -0.2) is 4.79 Å². The van der Waals surface area contributed by atoms with Gasteiger partial charge in [-0.2, -0.15) is 0 Å². The largest absolute Gasteiger partial charge is 0.462 e. The molecule has 0 amide bonds. The summed E-state index contributed by atoms with van der Waals surface area (Å²) in [6, 6.07) is 13.5. The zero-order valence-corrected chi connectivity index (χ0v) is 20.2. The van der Waals surface area contributed by atoms with Crippen LogP contribution in [0.3, 0.4) is 0 Å². The molecule has 2 rings (SSSR count). The quantitative estimate of drug-likeness (QED) is 0.245. The van der Waals surface area contributed by atoms with Gasteiger partial charge in [0.2, 0.25) is 0 Å². The molecule has 6 heteroatoms. The molecule has 0 aliphatic rings. The number of ether oxygens (including phenoxy) is 1. The Morgan fingerprint density at radius 3 is 2.10 bits per heavy atom. The Labute approximate surface area is 180 Å². The molecule has 0 N–H and O–H groups in total. The molecule has 0 bridgehead atoms. The Hall–Kier alpha value is -2.18. The summed E-state index contributed by atoms with van der Waals surface area (Å²) in [5.41, 5.74) is 0.127. The van der Waals surface area contributed by atoms with Crippen molar-refractivity contribution in [3.63, 3.8) is 0 Å². The summed E-state index contributed by atoms with van der Waals surface area (Å²) in [4.78, 5) is 24.9. The second-order valence-corrected chi connectivity index (χ2v) is 13.0. The first-order valence-electron chi connectivity index (χ1n) is 10.7. The molecule has 0 fully saturated rings. The van der Waals surface area contributed by atoms with E-state index in [-0.39, 0.29) is 5.78 Å². The number of aryl methyl sites for hydroxylation is 1. The van der Waals surface area contributed by atoms with Gasteiger partial charge < -0.3 is 13.6 Å². The molecule has 164 valence electrons. The molecular formula is C24H34O5Si. The van der Waals surface area contributed by atoms with Crippen molar-refractivity contribution in [2.24, 2.45) is 0 Å². The first kappa shape index (κ1) is 24.1. The number of carbonyl (C=O) groups excluding carboxylic acids is 2. The maximum absolute atomic E-state index is 12.9. The van der Waals surface area contributed by atoms with Crippen molar-refractivity contribution in [3.8, 4) is 0 Å². The highest BCUT2D eigenvalue weighted by atomic mass is 28.4. The standard InChI is InChI=1S/C24H34O5Si/c1-8-30(9-2,10-3)29-24(6,7)22(21-16-20(17(4)25)18(5)27-21)28-23(26)19-14-12-11-13-15-19/h11-16,22H,8-10H2,1-7H3. The predicted molar refractivity (Wildman–Crippen MR) is 120 cm³/mol. The number of Topliss-reactive ketones (excluding diaryl/α,β-unsaturated/α-hetero) is 1. The van der Waals surface area contributed by atoms with Gasteiger partial charge in [-0.3, -0.25) is 4.79 Å². The topological polar surface area (TPSA) is 65.7 Å². The average molecular weight is 431 g/mol. The smallest absolute Gasteiger partial charge is 0.338 e. The minimum absolute atomic E-state index is 0.0891. The van der Waals surface area contributed by atoms with E-state index in [1.165, 1.54) is 6.92 Å². The molecule has 0 radical (unpaired) electrons. The van der Waals surface area contributed by atoms with Crippen LogP contribution in [0, 0.1) is 6.92 Å². The van der Waals surface area contributed by atoms with Crippen molar-refractivity contribution in [2.75, 3.05) is 0 Å². The molecule has 0 spiro atoms. The molecule has 1 aromatic carbocycles. The maximum atomic E-state index is 12.9. The molecule has 0 saturated carbocycles. The number of esters is 1. The van der Waals surface area contributed by atoms with Crippen LogP contribution in [0.4, 0.5) is 0 Å². The fraction of sp³-hybridized carbons (Fsp3) is 0.500. The molecule has 1 unspecified atom stereocenters. The second kappa shape index (κ2) is 9.75. The zero-order chi connectivity index (χ0) is 22.5. The third-order valence-electron chi connectivity index (χ3n) is 5.85. The van der Waals surface area contributed by atoms with Crippen LogP contribution >= 0.6 is 0 Å². The molecule has 1 heterocycles. The van der Waals surface area contributed by atoms with E-state index in [1.54, 1.807) is 37.3 Å². The Morgan fingerprint density at radius 1 is 1.07 bits per heavy atom. The van der Waals surface area contributed by atoms with Gasteiger partial charge in [-0.15, -0.1) is 0 Å². The van der Waals surface area contributed by atoms with Gasteiger partial charge in [-0.1, -0.05) is 39.0 Å². The Balaban J connectivity index is 2.48. The third kappa shape index (κ3) is 5.29. The number of rotatable bonds is 10. The molecule has 5 nitrogen and oxygen atoms in total. The summed E-state index contributed by atoms with van der Waals surface area (Å²) in [7, 11) is -2.01. The Bertz CT molecular complexity index is 857. The number of hydrogen-bond donors (Lipinski definition) is 0. The lowest BCUT2D eigenvalue weighted by molar-refractivity contribution is -0.0659. The highest BCUT2D eigenvalue weighted by molar-refractivity contribution is 6.73. The predicted octanol–water partition coefficient (Wildman–Crippen LogP) is 6.49. The molecule has 30 heavy (non-hydrogen) atoms. The van der Waals surface area contributed by atoms with E-state index in [1.807, 2.05) is 19.9 Å². The van der Waals surface area contributed by atoms with E-state index in [4.69, 9.17) is 13.6 Å². The molecule has 0 saturated heterocycles. The maximum Gasteiger partial charge on any atom is 0.338 e. The highest BCUT2D eigenvalue weighted by Crippen LogP contribution is 2.39. The van der Waals surface area contributed by atoms with E-state index in [2.05, 4.69) is 20.8 Å². The van der Waals surface area contributed by atoms with Crippen molar-refractivity contribution < 1.29 is 23.2 Å². The Morgan fingerprint density at radius 2 is 1.63 bits per heavy atom. The second-order valence-electron chi connectivity index (χ2n) is 8.28. The third-order valence-corrected chi connectivity index (χ3v) is 10.7. The molecule has 1 atom stereocenters. The highest BCUT2D eigenvalue weighted by Gasteiger charge is 2.44. The molecule has 2 aromatic rings. The SMILES string of the molecule is CC[Si](CC)(CC)OC(C)(C)C(OC(=O)c1ccccc1)c1cc(C(C)=O)c(C)o1. The van der Waals surface area contributed by atoms with Crippen molar-refractivity contribution >= 4 is 20.1 Å². The van der Waals surface area contributed by atoms with E-state index in [0.717, 1.165) is 18.1 Å². The molecular weight excluding hydrogens is 396 g/mol. The fourth-order valence-corrected chi connectivity index (χ4v) is 7.01. The number of furan rings is 1. The summed E-state index contributed by atoms with van der Waals surface area (Å²) < 4.78 is 18.6. The minimum atomic E-state index is -2.01. The van der Waals surface area contributed by atoms with E-state index >= 15 is 0 Å². The first-order chi connectivity index (χ1) is 14.1. The van der Waals surface area contributed by atoms with Crippen LogP contribution in [0.15, 0.2) is 40.8 Å². The number of benzene rings is 1. The van der Waals surface area contributed by atoms with Crippen molar-refractivity contribution in [3.05, 3.63) is 59.0 Å². The van der Waals surface area contributed by atoms with Crippen LogP contribution in [0.25, 0.3) is 0 Å². The minimum Gasteiger partial charge on any atom is -0.462 e. The number of hydrogen-bond acceptors (Lipinski definition) is 5. The van der Waals surface area contributed by atoms with Gasteiger partial charge in [0.05, 0.1) is 16.7 Å². The van der Waals surface area contributed by atoms with E-state index in [9.17, 15) is 9.59 Å². The fourth-order valence-electron chi connectivity index (χ4n) is 3.85. The van der Waals surface area contributed by atoms with Crippen LogP contribution in [0.2, 0.25) is 18.1 Å². The average Bonchev–Trinajstić information content (AvgIpc) is 3.12. The summed E-state index contributed by atoms with van der Waals surface area (Å²) in [6.45, 7) is 13.6. The summed E-state index contributed by atoms with van der Waals surface area (Å²) in [5.74, 6) is 0.401. The van der Waals surface area contributed by atoms with Crippen LogP contribution in [-0.4, -0.2) is 25.7 Å².